The molecular formula is C19H14FN7O4. The average molecular weight is 423 g/mol. The molecule has 0 bridgehead atoms. The molecule has 0 unspecified atom stereocenters. The highest BCUT2D eigenvalue weighted by molar-refractivity contribution is 5.94. The summed E-state index contributed by atoms with van der Waals surface area (Å²) in [6.45, 7) is -0.0270. The fourth-order valence-corrected chi connectivity index (χ4v) is 2.95. The van der Waals surface area contributed by atoms with Crippen LogP contribution in [0.5, 0.6) is 0 Å². The van der Waals surface area contributed by atoms with Gasteiger partial charge in [0.2, 0.25) is 0 Å². The summed E-state index contributed by atoms with van der Waals surface area (Å²) >= 11 is 0. The molecule has 4 N–H and O–H groups in total. The molecule has 2 heterocycles. The minimum Gasteiger partial charge on any atom is -0.394 e. The number of hydrogen-bond acceptors (Lipinski definition) is 9. The van der Waals surface area contributed by atoms with E-state index in [0.717, 1.165) is 0 Å². The van der Waals surface area contributed by atoms with Gasteiger partial charge < -0.3 is 16.4 Å². The molecule has 1 amide bonds. The Kier molecular flexibility index (Phi) is 4.95. The SMILES string of the molecule is Nc1c(NCc2cc(CNC(=O)c3cc(C=O)n4ncnc4n3)ccc2F)c(=O)c1=O. The molecule has 0 radical (unpaired) electrons. The standard InChI is InChI=1S/C19H14FN7O4/c20-12-2-1-9(3-10(12)6-22-15-14(21)16(29)17(15)30)5-23-18(31)13-4-11(7-28)27-19(26-13)24-8-25-27/h1-4,7-8,22H,5-6,21H2,(H,23,31). The van der Waals surface area contributed by atoms with Gasteiger partial charge in [-0.15, -0.1) is 0 Å². The van der Waals surface area contributed by atoms with E-state index >= 15 is 0 Å². The number of hydrogen-bond donors (Lipinski definition) is 3. The Bertz CT molecular complexity index is 1400. The lowest BCUT2D eigenvalue weighted by molar-refractivity contribution is 0.0946. The first-order valence-electron chi connectivity index (χ1n) is 8.93. The van der Waals surface area contributed by atoms with Crippen LogP contribution in [0, 0.1) is 5.82 Å². The van der Waals surface area contributed by atoms with Crippen molar-refractivity contribution in [2.24, 2.45) is 0 Å². The lowest BCUT2D eigenvalue weighted by Gasteiger charge is -2.12. The number of aldehydes is 1. The number of rotatable bonds is 7. The van der Waals surface area contributed by atoms with E-state index in [2.05, 4.69) is 25.7 Å². The van der Waals surface area contributed by atoms with Gasteiger partial charge >= 0.3 is 0 Å². The van der Waals surface area contributed by atoms with Gasteiger partial charge in [0.15, 0.2) is 6.29 Å². The third kappa shape index (κ3) is 3.61. The summed E-state index contributed by atoms with van der Waals surface area (Å²) in [6, 6.07) is 5.47. The molecule has 0 saturated heterocycles. The number of fused-ring (bicyclic) bond motifs is 1. The van der Waals surface area contributed by atoms with Crippen LogP contribution >= 0.6 is 0 Å². The fraction of sp³-hybridized carbons (Fsp3) is 0.105. The van der Waals surface area contributed by atoms with E-state index in [1.165, 1.54) is 35.1 Å². The summed E-state index contributed by atoms with van der Waals surface area (Å²) in [5.74, 6) is -0.994. The largest absolute Gasteiger partial charge is 0.394 e. The summed E-state index contributed by atoms with van der Waals surface area (Å²) in [5, 5.41) is 9.12. The van der Waals surface area contributed by atoms with E-state index in [1.807, 2.05) is 0 Å². The predicted molar refractivity (Wildman–Crippen MR) is 107 cm³/mol. The minimum absolute atomic E-state index is 0.0258. The van der Waals surface area contributed by atoms with E-state index in [9.17, 15) is 23.6 Å². The second-order valence-corrected chi connectivity index (χ2v) is 6.56. The molecule has 11 nitrogen and oxygen atoms in total. The monoisotopic (exact) mass is 423 g/mol. The van der Waals surface area contributed by atoms with Crippen LogP contribution in [0.15, 0.2) is 40.2 Å². The number of carbonyl (C=O) groups is 2. The Morgan fingerprint density at radius 3 is 2.74 bits per heavy atom. The topological polar surface area (TPSA) is 161 Å². The lowest BCUT2D eigenvalue weighted by atomic mass is 10.1. The number of nitrogen functional groups attached to an aromatic ring is 1. The Balaban J connectivity index is 1.46. The van der Waals surface area contributed by atoms with Crippen molar-refractivity contribution < 1.29 is 14.0 Å². The predicted octanol–water partition coefficient (Wildman–Crippen LogP) is -0.204. The van der Waals surface area contributed by atoms with Crippen LogP contribution in [-0.4, -0.2) is 31.8 Å². The zero-order valence-corrected chi connectivity index (χ0v) is 15.8. The number of anilines is 2. The van der Waals surface area contributed by atoms with Crippen molar-refractivity contribution in [3.63, 3.8) is 0 Å². The molecule has 4 aromatic rings. The Labute approximate surface area is 172 Å². The van der Waals surface area contributed by atoms with Gasteiger partial charge in [0.05, 0.1) is 0 Å². The number of aromatic nitrogens is 4. The maximum absolute atomic E-state index is 14.1. The molecule has 0 atom stereocenters. The van der Waals surface area contributed by atoms with E-state index in [1.54, 1.807) is 0 Å². The van der Waals surface area contributed by atoms with E-state index in [4.69, 9.17) is 5.73 Å². The first-order chi connectivity index (χ1) is 14.9. The van der Waals surface area contributed by atoms with Crippen LogP contribution in [0.3, 0.4) is 0 Å². The molecule has 31 heavy (non-hydrogen) atoms. The highest BCUT2D eigenvalue weighted by Gasteiger charge is 2.18. The summed E-state index contributed by atoms with van der Waals surface area (Å²) in [5.41, 5.74) is 4.58. The molecule has 0 saturated carbocycles. The van der Waals surface area contributed by atoms with Gasteiger partial charge in [-0.1, -0.05) is 6.07 Å². The van der Waals surface area contributed by atoms with Crippen molar-refractivity contribution in [1.29, 1.82) is 0 Å². The number of benzene rings is 1. The third-order valence-corrected chi connectivity index (χ3v) is 4.60. The van der Waals surface area contributed by atoms with E-state index in [-0.39, 0.29) is 47.2 Å². The lowest BCUT2D eigenvalue weighted by Crippen LogP contribution is -2.37. The second-order valence-electron chi connectivity index (χ2n) is 6.56. The molecule has 0 aliphatic rings. The van der Waals surface area contributed by atoms with Gasteiger partial charge in [0.25, 0.3) is 22.5 Å². The molecule has 4 rings (SSSR count). The maximum atomic E-state index is 14.1. The zero-order valence-electron chi connectivity index (χ0n) is 15.8. The molecule has 12 heteroatoms. The Morgan fingerprint density at radius 2 is 2.00 bits per heavy atom. The zero-order chi connectivity index (χ0) is 22.1. The smallest absolute Gasteiger partial charge is 0.270 e. The van der Waals surface area contributed by atoms with Crippen molar-refractivity contribution in [1.82, 2.24) is 24.9 Å². The average Bonchev–Trinajstić information content (AvgIpc) is 3.26. The number of amides is 1. The molecule has 0 spiro atoms. The number of nitrogens with one attached hydrogen (secondary N) is 2. The number of carbonyl (C=O) groups excluding carboxylic acids is 2. The molecule has 0 aliphatic carbocycles. The summed E-state index contributed by atoms with van der Waals surface area (Å²) in [6.07, 6.45) is 1.74. The third-order valence-electron chi connectivity index (χ3n) is 4.60. The first-order valence-corrected chi connectivity index (χ1v) is 8.93. The summed E-state index contributed by atoms with van der Waals surface area (Å²) in [4.78, 5) is 54.1. The fourth-order valence-electron chi connectivity index (χ4n) is 2.95. The van der Waals surface area contributed by atoms with Crippen LogP contribution in [0.4, 0.5) is 15.8 Å². The van der Waals surface area contributed by atoms with E-state index in [0.29, 0.717) is 11.8 Å². The van der Waals surface area contributed by atoms with Crippen LogP contribution in [0.1, 0.15) is 32.1 Å². The van der Waals surface area contributed by atoms with Crippen molar-refractivity contribution in [3.8, 4) is 0 Å². The second kappa shape index (κ2) is 7.74. The van der Waals surface area contributed by atoms with Crippen LogP contribution in [-0.2, 0) is 13.1 Å². The van der Waals surface area contributed by atoms with Crippen molar-refractivity contribution in [2.45, 2.75) is 13.1 Å². The van der Waals surface area contributed by atoms with Gasteiger partial charge in [-0.25, -0.2) is 9.37 Å². The van der Waals surface area contributed by atoms with Crippen molar-refractivity contribution in [2.75, 3.05) is 11.1 Å². The van der Waals surface area contributed by atoms with Crippen molar-refractivity contribution >= 4 is 29.3 Å². The number of halogens is 1. The molecule has 0 aliphatic heterocycles. The van der Waals surface area contributed by atoms with Crippen molar-refractivity contribution in [3.05, 3.63) is 79.4 Å². The first kappa shape index (κ1) is 19.8. The van der Waals surface area contributed by atoms with Crippen LogP contribution < -0.4 is 27.2 Å². The summed E-state index contributed by atoms with van der Waals surface area (Å²) < 4.78 is 15.3. The maximum Gasteiger partial charge on any atom is 0.270 e. The Morgan fingerprint density at radius 1 is 1.19 bits per heavy atom. The normalized spacial score (nSPS) is 11.0. The number of nitrogens with two attached hydrogens (primary N) is 1. The minimum atomic E-state index is -0.768. The molecule has 2 aromatic heterocycles. The van der Waals surface area contributed by atoms with Gasteiger partial charge in [-0.2, -0.15) is 14.6 Å². The quantitative estimate of drug-likeness (QED) is 0.270. The van der Waals surface area contributed by atoms with Gasteiger partial charge in [0.1, 0.15) is 34.9 Å². The summed E-state index contributed by atoms with van der Waals surface area (Å²) in [7, 11) is 0. The van der Waals surface area contributed by atoms with Gasteiger partial charge in [-0.3, -0.25) is 19.2 Å². The molecule has 2 aromatic carbocycles. The number of nitrogens with zero attached hydrogens (tertiary/aromatic N) is 4. The van der Waals surface area contributed by atoms with Crippen LogP contribution in [0.2, 0.25) is 0 Å². The highest BCUT2D eigenvalue weighted by atomic mass is 19.1. The molecule has 0 fully saturated rings. The molecule has 156 valence electrons. The highest BCUT2D eigenvalue weighted by Crippen LogP contribution is 2.15. The van der Waals surface area contributed by atoms with Crippen LogP contribution in [0.25, 0.3) is 5.78 Å². The van der Waals surface area contributed by atoms with E-state index < -0.39 is 22.6 Å². The Hall–Kier alpha value is -4.48. The van der Waals surface area contributed by atoms with Gasteiger partial charge in [0, 0.05) is 18.7 Å². The molecular weight excluding hydrogens is 409 g/mol. The van der Waals surface area contributed by atoms with Gasteiger partial charge in [-0.05, 0) is 23.8 Å².